The van der Waals surface area contributed by atoms with E-state index < -0.39 is 0 Å². The molecule has 1 aliphatic rings. The highest BCUT2D eigenvalue weighted by Crippen LogP contribution is 2.31. The van der Waals surface area contributed by atoms with Crippen molar-refractivity contribution in [3.05, 3.63) is 10.7 Å². The Morgan fingerprint density at radius 1 is 1.67 bits per heavy atom. The monoisotopic (exact) mass is 200 g/mol. The van der Waals surface area contributed by atoms with E-state index in [2.05, 4.69) is 0 Å². The maximum Gasteiger partial charge on any atom is 0.182 e. The molecule has 1 saturated heterocycles. The van der Waals surface area contributed by atoms with Crippen molar-refractivity contribution < 1.29 is 4.74 Å². The van der Waals surface area contributed by atoms with E-state index in [-0.39, 0.29) is 11.7 Å². The number of thioether (sulfide) groups is 1. The standard InChI is InChI=1S/C7H5ClN2OS/c8-1-6-4-12-7(11-6)5(2-9)3-10/h6H,1,4H2. The van der Waals surface area contributed by atoms with Gasteiger partial charge in [0.1, 0.15) is 18.2 Å². The quantitative estimate of drug-likeness (QED) is 0.477. The fraction of sp³-hybridized carbons (Fsp3) is 0.429. The summed E-state index contributed by atoms with van der Waals surface area (Å²) in [7, 11) is 0. The summed E-state index contributed by atoms with van der Waals surface area (Å²) >= 11 is 6.90. The first kappa shape index (κ1) is 9.25. The van der Waals surface area contributed by atoms with E-state index in [0.29, 0.717) is 16.7 Å². The van der Waals surface area contributed by atoms with Crippen molar-refractivity contribution in [2.75, 3.05) is 11.6 Å². The highest BCUT2D eigenvalue weighted by Gasteiger charge is 2.23. The third-order valence-electron chi connectivity index (χ3n) is 1.27. The Morgan fingerprint density at radius 3 is 2.75 bits per heavy atom. The zero-order valence-electron chi connectivity index (χ0n) is 6.08. The molecule has 0 spiro atoms. The van der Waals surface area contributed by atoms with Crippen LogP contribution in [0.4, 0.5) is 0 Å². The number of halogens is 1. The Bertz CT molecular complexity index is 273. The summed E-state index contributed by atoms with van der Waals surface area (Å²) in [5.74, 6) is 1.10. The van der Waals surface area contributed by atoms with Gasteiger partial charge in [-0.25, -0.2) is 0 Å². The first-order valence-electron chi connectivity index (χ1n) is 3.21. The Kier molecular flexibility index (Phi) is 3.28. The number of nitriles is 2. The molecule has 0 aliphatic carbocycles. The molecule has 0 aromatic carbocycles. The summed E-state index contributed by atoms with van der Waals surface area (Å²) in [5.41, 5.74) is 0.0348. The Labute approximate surface area is 79.6 Å². The minimum absolute atomic E-state index is 0.0348. The molecular formula is C7H5ClN2OS. The van der Waals surface area contributed by atoms with Crippen LogP contribution in [-0.4, -0.2) is 17.7 Å². The molecule has 12 heavy (non-hydrogen) atoms. The van der Waals surface area contributed by atoms with E-state index in [0.717, 1.165) is 0 Å². The van der Waals surface area contributed by atoms with Gasteiger partial charge in [0.15, 0.2) is 10.7 Å². The van der Waals surface area contributed by atoms with Gasteiger partial charge < -0.3 is 4.74 Å². The fourth-order valence-electron chi connectivity index (χ4n) is 0.711. The predicted molar refractivity (Wildman–Crippen MR) is 46.3 cm³/mol. The fourth-order valence-corrected chi connectivity index (χ4v) is 1.98. The smallest absolute Gasteiger partial charge is 0.182 e. The molecular weight excluding hydrogens is 196 g/mol. The molecule has 5 heteroatoms. The van der Waals surface area contributed by atoms with E-state index in [4.69, 9.17) is 26.9 Å². The van der Waals surface area contributed by atoms with Crippen molar-refractivity contribution >= 4 is 23.4 Å². The van der Waals surface area contributed by atoms with Crippen molar-refractivity contribution in [2.45, 2.75) is 6.10 Å². The van der Waals surface area contributed by atoms with Crippen molar-refractivity contribution in [3.63, 3.8) is 0 Å². The van der Waals surface area contributed by atoms with Gasteiger partial charge in [-0.15, -0.1) is 11.6 Å². The molecule has 1 rings (SSSR count). The highest BCUT2D eigenvalue weighted by atomic mass is 35.5. The lowest BCUT2D eigenvalue weighted by Crippen LogP contribution is -2.09. The van der Waals surface area contributed by atoms with E-state index >= 15 is 0 Å². The lowest BCUT2D eigenvalue weighted by molar-refractivity contribution is 0.189. The van der Waals surface area contributed by atoms with Crippen LogP contribution < -0.4 is 0 Å². The summed E-state index contributed by atoms with van der Waals surface area (Å²) in [6.07, 6.45) is -0.0663. The van der Waals surface area contributed by atoms with Crippen molar-refractivity contribution in [1.82, 2.24) is 0 Å². The average Bonchev–Trinajstić information content (AvgIpc) is 2.55. The van der Waals surface area contributed by atoms with Crippen LogP contribution in [0.15, 0.2) is 10.7 Å². The van der Waals surface area contributed by atoms with Crippen LogP contribution in [0, 0.1) is 22.7 Å². The van der Waals surface area contributed by atoms with Gasteiger partial charge in [-0.1, -0.05) is 11.8 Å². The van der Waals surface area contributed by atoms with Gasteiger partial charge in [0.2, 0.25) is 0 Å². The average molecular weight is 201 g/mol. The molecule has 3 nitrogen and oxygen atoms in total. The van der Waals surface area contributed by atoms with Crippen LogP contribution in [-0.2, 0) is 4.74 Å². The number of hydrogen-bond acceptors (Lipinski definition) is 4. The van der Waals surface area contributed by atoms with Crippen LogP contribution in [0.2, 0.25) is 0 Å². The number of rotatable bonds is 1. The molecule has 0 amide bonds. The van der Waals surface area contributed by atoms with Gasteiger partial charge in [-0.2, -0.15) is 10.5 Å². The lowest BCUT2D eigenvalue weighted by Gasteiger charge is -2.03. The van der Waals surface area contributed by atoms with Crippen molar-refractivity contribution in [2.24, 2.45) is 0 Å². The summed E-state index contributed by atoms with van der Waals surface area (Å²) in [5, 5.41) is 17.4. The number of nitrogens with zero attached hydrogens (tertiary/aromatic N) is 2. The van der Waals surface area contributed by atoms with Gasteiger partial charge in [0.05, 0.1) is 5.88 Å². The molecule has 1 aliphatic heterocycles. The molecule has 1 atom stereocenters. The van der Waals surface area contributed by atoms with Crippen molar-refractivity contribution in [3.8, 4) is 12.1 Å². The largest absolute Gasteiger partial charge is 0.480 e. The second-order valence-electron chi connectivity index (χ2n) is 2.09. The minimum atomic E-state index is -0.0663. The molecule has 0 aromatic rings. The van der Waals surface area contributed by atoms with Crippen molar-refractivity contribution in [1.29, 1.82) is 10.5 Å². The second-order valence-corrected chi connectivity index (χ2v) is 3.39. The summed E-state index contributed by atoms with van der Waals surface area (Å²) < 4.78 is 5.22. The van der Waals surface area contributed by atoms with Crippen LogP contribution in [0.3, 0.4) is 0 Å². The molecule has 1 heterocycles. The van der Waals surface area contributed by atoms with Gasteiger partial charge in [0, 0.05) is 5.75 Å². The maximum absolute atomic E-state index is 8.49. The van der Waals surface area contributed by atoms with E-state index in [1.807, 2.05) is 0 Å². The third-order valence-corrected chi connectivity index (χ3v) is 2.72. The Balaban J connectivity index is 2.75. The molecule has 0 bridgehead atoms. The Hall–Kier alpha value is -0.840. The molecule has 0 radical (unpaired) electrons. The van der Waals surface area contributed by atoms with Gasteiger partial charge in [0.25, 0.3) is 0 Å². The molecule has 0 aromatic heterocycles. The number of alkyl halides is 1. The zero-order chi connectivity index (χ0) is 8.97. The first-order valence-corrected chi connectivity index (χ1v) is 4.73. The normalized spacial score (nSPS) is 20.9. The van der Waals surface area contributed by atoms with Crippen LogP contribution in [0.5, 0.6) is 0 Å². The SMILES string of the molecule is N#CC(C#N)=C1OC(CCl)CS1. The van der Waals surface area contributed by atoms with E-state index in [1.54, 1.807) is 12.1 Å². The second kappa shape index (κ2) is 4.25. The summed E-state index contributed by atoms with van der Waals surface area (Å²) in [6, 6.07) is 3.54. The molecule has 0 saturated carbocycles. The van der Waals surface area contributed by atoms with Crippen LogP contribution in [0.1, 0.15) is 0 Å². The zero-order valence-corrected chi connectivity index (χ0v) is 7.65. The van der Waals surface area contributed by atoms with Crippen LogP contribution >= 0.6 is 23.4 Å². The number of hydrogen-bond donors (Lipinski definition) is 0. The summed E-state index contributed by atoms with van der Waals surface area (Å²) in [4.78, 5) is 0. The molecule has 1 fully saturated rings. The number of ether oxygens (including phenoxy) is 1. The maximum atomic E-state index is 8.49. The van der Waals surface area contributed by atoms with Gasteiger partial charge >= 0.3 is 0 Å². The van der Waals surface area contributed by atoms with Gasteiger partial charge in [-0.3, -0.25) is 0 Å². The molecule has 62 valence electrons. The summed E-state index contributed by atoms with van der Waals surface area (Å²) in [6.45, 7) is 0. The Morgan fingerprint density at radius 2 is 2.33 bits per heavy atom. The predicted octanol–water partition coefficient (Wildman–Crippen LogP) is 1.62. The molecule has 0 N–H and O–H groups in total. The first-order chi connectivity index (χ1) is 5.81. The minimum Gasteiger partial charge on any atom is -0.480 e. The highest BCUT2D eigenvalue weighted by molar-refractivity contribution is 8.03. The topological polar surface area (TPSA) is 56.8 Å². The lowest BCUT2D eigenvalue weighted by atomic mass is 10.4. The van der Waals surface area contributed by atoms with E-state index in [1.165, 1.54) is 11.8 Å². The van der Waals surface area contributed by atoms with E-state index in [9.17, 15) is 0 Å². The number of allylic oxidation sites excluding steroid dienone is 1. The van der Waals surface area contributed by atoms with Gasteiger partial charge in [-0.05, 0) is 0 Å². The van der Waals surface area contributed by atoms with Crippen LogP contribution in [0.25, 0.3) is 0 Å². The third kappa shape index (κ3) is 1.85. The molecule has 1 unspecified atom stereocenters.